The molecule has 2 aliphatic rings. The normalized spacial score (nSPS) is 28.7. The van der Waals surface area contributed by atoms with E-state index in [9.17, 15) is 4.79 Å². The van der Waals surface area contributed by atoms with Crippen LogP contribution in [0.15, 0.2) is 6.07 Å². The van der Waals surface area contributed by atoms with Crippen LogP contribution in [0.2, 0.25) is 0 Å². The Kier molecular flexibility index (Phi) is 4.04. The van der Waals surface area contributed by atoms with Gasteiger partial charge < -0.3 is 19.4 Å². The van der Waals surface area contributed by atoms with E-state index in [0.717, 1.165) is 29.8 Å². The summed E-state index contributed by atoms with van der Waals surface area (Å²) in [7, 11) is 0. The molecule has 0 unspecified atom stereocenters. The standard InChI is InChI=1S/C16H24N2O3/c1-4-20-14-6-5-13-15(14)21-8-7-18(13)16(19)12-9-10(2)17-11(12)3/h9,13-15,17H,4-8H2,1-3H3/t13-,14-,15+/m0/s1. The van der Waals surface area contributed by atoms with E-state index < -0.39 is 0 Å². The van der Waals surface area contributed by atoms with Crippen molar-refractivity contribution < 1.29 is 14.3 Å². The highest BCUT2D eigenvalue weighted by Gasteiger charge is 2.45. The summed E-state index contributed by atoms with van der Waals surface area (Å²) in [6, 6.07) is 2.09. The van der Waals surface area contributed by atoms with Gasteiger partial charge in [0.1, 0.15) is 6.10 Å². The Hall–Kier alpha value is -1.33. The lowest BCUT2D eigenvalue weighted by atomic mass is 10.1. The van der Waals surface area contributed by atoms with E-state index in [1.165, 1.54) is 0 Å². The monoisotopic (exact) mass is 292 g/mol. The van der Waals surface area contributed by atoms with E-state index in [1.807, 2.05) is 31.7 Å². The Labute approximate surface area is 125 Å². The number of hydrogen-bond acceptors (Lipinski definition) is 3. The number of nitrogens with one attached hydrogen (secondary N) is 1. The molecule has 3 rings (SSSR count). The summed E-state index contributed by atoms with van der Waals surface area (Å²) in [5, 5.41) is 0. The van der Waals surface area contributed by atoms with Crippen LogP contribution in [0.1, 0.15) is 41.5 Å². The molecule has 1 saturated heterocycles. The molecule has 116 valence electrons. The number of rotatable bonds is 3. The molecule has 1 amide bonds. The molecule has 1 N–H and O–H groups in total. The van der Waals surface area contributed by atoms with E-state index in [4.69, 9.17) is 9.47 Å². The average Bonchev–Trinajstić information content (AvgIpc) is 3.02. The van der Waals surface area contributed by atoms with Crippen molar-refractivity contribution in [2.24, 2.45) is 0 Å². The Balaban J connectivity index is 1.79. The number of amides is 1. The van der Waals surface area contributed by atoms with Crippen molar-refractivity contribution in [3.05, 3.63) is 23.0 Å². The van der Waals surface area contributed by atoms with Gasteiger partial charge in [0.15, 0.2) is 0 Å². The van der Waals surface area contributed by atoms with E-state index >= 15 is 0 Å². The van der Waals surface area contributed by atoms with E-state index in [2.05, 4.69) is 4.98 Å². The highest BCUT2D eigenvalue weighted by Crippen LogP contribution is 2.33. The van der Waals surface area contributed by atoms with Gasteiger partial charge in [-0.05, 0) is 39.7 Å². The predicted molar refractivity (Wildman–Crippen MR) is 79.5 cm³/mol. The fourth-order valence-corrected chi connectivity index (χ4v) is 3.66. The Morgan fingerprint density at radius 3 is 2.95 bits per heavy atom. The molecule has 0 spiro atoms. The van der Waals surface area contributed by atoms with Gasteiger partial charge in [0.05, 0.1) is 24.3 Å². The number of ether oxygens (including phenoxy) is 2. The fourth-order valence-electron chi connectivity index (χ4n) is 3.66. The van der Waals surface area contributed by atoms with Crippen LogP contribution in [0.25, 0.3) is 0 Å². The third-order valence-electron chi connectivity index (χ3n) is 4.56. The molecular weight excluding hydrogens is 268 g/mol. The van der Waals surface area contributed by atoms with Gasteiger partial charge in [0.2, 0.25) is 0 Å². The van der Waals surface area contributed by atoms with Gasteiger partial charge in [0, 0.05) is 24.5 Å². The van der Waals surface area contributed by atoms with Gasteiger partial charge in [-0.15, -0.1) is 0 Å². The van der Waals surface area contributed by atoms with Crippen molar-refractivity contribution in [2.45, 2.75) is 51.9 Å². The maximum absolute atomic E-state index is 12.9. The van der Waals surface area contributed by atoms with Gasteiger partial charge in [-0.3, -0.25) is 4.79 Å². The highest BCUT2D eigenvalue weighted by atomic mass is 16.5. The lowest BCUT2D eigenvalue weighted by Crippen LogP contribution is -2.54. The number of carbonyl (C=O) groups is 1. The number of morpholine rings is 1. The van der Waals surface area contributed by atoms with Crippen molar-refractivity contribution in [1.82, 2.24) is 9.88 Å². The first kappa shape index (κ1) is 14.6. The minimum atomic E-state index is 0.0306. The molecule has 1 saturated carbocycles. The van der Waals surface area contributed by atoms with Crippen molar-refractivity contribution >= 4 is 5.91 Å². The summed E-state index contributed by atoms with van der Waals surface area (Å²) in [6.07, 6.45) is 2.09. The summed E-state index contributed by atoms with van der Waals surface area (Å²) < 4.78 is 11.7. The Morgan fingerprint density at radius 1 is 1.48 bits per heavy atom. The molecule has 1 aliphatic carbocycles. The zero-order chi connectivity index (χ0) is 15.0. The summed E-state index contributed by atoms with van der Waals surface area (Å²) >= 11 is 0. The smallest absolute Gasteiger partial charge is 0.256 e. The molecular formula is C16H24N2O3. The zero-order valence-electron chi connectivity index (χ0n) is 13.0. The topological polar surface area (TPSA) is 54.6 Å². The molecule has 1 aliphatic heterocycles. The minimum absolute atomic E-state index is 0.0306. The molecule has 3 atom stereocenters. The van der Waals surface area contributed by atoms with Gasteiger partial charge in [0.25, 0.3) is 5.91 Å². The molecule has 0 bridgehead atoms. The number of H-pyrrole nitrogens is 1. The van der Waals surface area contributed by atoms with Crippen molar-refractivity contribution in [3.63, 3.8) is 0 Å². The zero-order valence-corrected chi connectivity index (χ0v) is 13.0. The number of aryl methyl sites for hydroxylation is 2. The summed E-state index contributed by atoms with van der Waals surface area (Å²) in [5.74, 6) is 0.118. The van der Waals surface area contributed by atoms with Gasteiger partial charge in [-0.1, -0.05) is 0 Å². The molecule has 1 aromatic heterocycles. The first-order valence-corrected chi connectivity index (χ1v) is 7.82. The third-order valence-corrected chi connectivity index (χ3v) is 4.56. The van der Waals surface area contributed by atoms with Gasteiger partial charge in [-0.2, -0.15) is 0 Å². The first-order chi connectivity index (χ1) is 10.1. The van der Waals surface area contributed by atoms with Crippen LogP contribution in [0.5, 0.6) is 0 Å². The summed E-state index contributed by atoms with van der Waals surface area (Å²) in [6.45, 7) is 7.90. The molecule has 5 nitrogen and oxygen atoms in total. The van der Waals surface area contributed by atoms with Crippen molar-refractivity contribution in [3.8, 4) is 0 Å². The second-order valence-corrected chi connectivity index (χ2v) is 5.96. The van der Waals surface area contributed by atoms with Crippen LogP contribution in [0, 0.1) is 13.8 Å². The molecule has 0 radical (unpaired) electrons. The van der Waals surface area contributed by atoms with Crippen LogP contribution in [0.3, 0.4) is 0 Å². The average molecular weight is 292 g/mol. The quantitative estimate of drug-likeness (QED) is 0.927. The molecule has 5 heteroatoms. The van der Waals surface area contributed by atoms with Crippen LogP contribution in [-0.2, 0) is 9.47 Å². The van der Waals surface area contributed by atoms with Crippen LogP contribution in [-0.4, -0.2) is 53.8 Å². The van der Waals surface area contributed by atoms with E-state index in [0.29, 0.717) is 19.8 Å². The molecule has 2 fully saturated rings. The van der Waals surface area contributed by atoms with Gasteiger partial charge in [-0.25, -0.2) is 0 Å². The minimum Gasteiger partial charge on any atom is -0.376 e. The number of aromatic amines is 1. The second kappa shape index (κ2) is 5.81. The lowest BCUT2D eigenvalue weighted by molar-refractivity contribution is -0.102. The number of hydrogen-bond donors (Lipinski definition) is 1. The summed E-state index contributed by atoms with van der Waals surface area (Å²) in [5.41, 5.74) is 2.76. The molecule has 1 aromatic rings. The maximum atomic E-state index is 12.9. The number of fused-ring (bicyclic) bond motifs is 1. The SMILES string of the molecule is CCO[C@H]1CC[C@H]2[C@H]1OCCN2C(=O)c1cc(C)[nH]c1C. The molecule has 0 aromatic carbocycles. The lowest BCUT2D eigenvalue weighted by Gasteiger charge is -2.39. The first-order valence-electron chi connectivity index (χ1n) is 7.82. The highest BCUT2D eigenvalue weighted by molar-refractivity contribution is 5.96. The molecule has 21 heavy (non-hydrogen) atoms. The largest absolute Gasteiger partial charge is 0.376 e. The van der Waals surface area contributed by atoms with Crippen LogP contribution in [0.4, 0.5) is 0 Å². The molecule has 2 heterocycles. The van der Waals surface area contributed by atoms with Crippen molar-refractivity contribution in [2.75, 3.05) is 19.8 Å². The second-order valence-electron chi connectivity index (χ2n) is 5.96. The Bertz CT molecular complexity index is 526. The third kappa shape index (κ3) is 2.60. The number of nitrogens with zero attached hydrogens (tertiary/aromatic N) is 1. The van der Waals surface area contributed by atoms with Crippen LogP contribution >= 0.6 is 0 Å². The predicted octanol–water partition coefficient (Wildman–Crippen LogP) is 2.04. The maximum Gasteiger partial charge on any atom is 0.256 e. The summed E-state index contributed by atoms with van der Waals surface area (Å²) in [4.78, 5) is 18.1. The van der Waals surface area contributed by atoms with E-state index in [1.54, 1.807) is 0 Å². The van der Waals surface area contributed by atoms with Gasteiger partial charge >= 0.3 is 0 Å². The Morgan fingerprint density at radius 2 is 2.29 bits per heavy atom. The van der Waals surface area contributed by atoms with Crippen molar-refractivity contribution in [1.29, 1.82) is 0 Å². The fraction of sp³-hybridized carbons (Fsp3) is 0.688. The van der Waals surface area contributed by atoms with Crippen LogP contribution < -0.4 is 0 Å². The number of aromatic nitrogens is 1. The number of carbonyl (C=O) groups excluding carboxylic acids is 1. The van der Waals surface area contributed by atoms with E-state index in [-0.39, 0.29) is 24.2 Å².